The number of benzene rings is 2. The molecule has 2 atom stereocenters. The fourth-order valence-electron chi connectivity index (χ4n) is 2.90. The monoisotopic (exact) mass is 272 g/mol. The molecule has 0 saturated heterocycles. The molecule has 0 aromatic heterocycles. The van der Waals surface area contributed by atoms with Crippen LogP contribution >= 0.6 is 0 Å². The second-order valence-corrected chi connectivity index (χ2v) is 5.03. The van der Waals surface area contributed by atoms with Gasteiger partial charge in [0.05, 0.1) is 12.5 Å². The third kappa shape index (κ3) is 1.37. The van der Waals surface area contributed by atoms with Crippen molar-refractivity contribution >= 4 is 0 Å². The average molecular weight is 272 g/mol. The summed E-state index contributed by atoms with van der Waals surface area (Å²) >= 11 is 0. The summed E-state index contributed by atoms with van der Waals surface area (Å²) in [6.07, 6.45) is -0.276. The molecule has 0 amide bonds. The molecule has 2 aromatic rings. The van der Waals surface area contributed by atoms with Crippen molar-refractivity contribution in [1.82, 2.24) is 0 Å². The summed E-state index contributed by atoms with van der Waals surface area (Å²) in [5.41, 5.74) is 1.68. The molecule has 20 heavy (non-hydrogen) atoms. The summed E-state index contributed by atoms with van der Waals surface area (Å²) in [7, 11) is 0. The molecule has 2 aliphatic heterocycles. The highest BCUT2D eigenvalue weighted by molar-refractivity contribution is 5.58. The van der Waals surface area contributed by atoms with Crippen molar-refractivity contribution in [2.45, 2.75) is 12.0 Å². The summed E-state index contributed by atoms with van der Waals surface area (Å²) in [4.78, 5) is 0. The number of phenolic OH excluding ortho intramolecular Hbond substituents is 3. The van der Waals surface area contributed by atoms with Crippen molar-refractivity contribution < 1.29 is 24.8 Å². The van der Waals surface area contributed by atoms with Gasteiger partial charge in [0, 0.05) is 17.2 Å². The largest absolute Gasteiger partial charge is 0.508 e. The fraction of sp³-hybridized carbons (Fsp3) is 0.200. The number of ether oxygens (including phenoxy) is 2. The van der Waals surface area contributed by atoms with Gasteiger partial charge in [0.1, 0.15) is 17.6 Å². The number of rotatable bonds is 0. The average Bonchev–Trinajstić information content (AvgIpc) is 2.80. The first-order chi connectivity index (χ1) is 9.65. The fourth-order valence-corrected chi connectivity index (χ4v) is 2.90. The van der Waals surface area contributed by atoms with Crippen LogP contribution < -0.4 is 9.47 Å². The number of phenols is 3. The molecular weight excluding hydrogens is 260 g/mol. The van der Waals surface area contributed by atoms with E-state index in [0.29, 0.717) is 17.9 Å². The van der Waals surface area contributed by atoms with E-state index in [1.165, 1.54) is 6.07 Å². The van der Waals surface area contributed by atoms with Crippen LogP contribution in [0.1, 0.15) is 23.1 Å². The zero-order chi connectivity index (χ0) is 13.9. The van der Waals surface area contributed by atoms with Gasteiger partial charge < -0.3 is 24.8 Å². The Morgan fingerprint density at radius 1 is 1.00 bits per heavy atom. The minimum absolute atomic E-state index is 0.0158. The van der Waals surface area contributed by atoms with Crippen molar-refractivity contribution in [3.05, 3.63) is 41.5 Å². The lowest BCUT2D eigenvalue weighted by molar-refractivity contribution is 0.135. The van der Waals surface area contributed by atoms with Crippen LogP contribution in [-0.4, -0.2) is 21.9 Å². The summed E-state index contributed by atoms with van der Waals surface area (Å²) in [6, 6.07) is 8.13. The van der Waals surface area contributed by atoms with E-state index in [4.69, 9.17) is 9.47 Å². The Labute approximate surface area is 114 Å². The van der Waals surface area contributed by atoms with E-state index in [0.717, 1.165) is 5.56 Å². The van der Waals surface area contributed by atoms with Crippen LogP contribution in [0.5, 0.6) is 28.7 Å². The van der Waals surface area contributed by atoms with Crippen LogP contribution in [0.2, 0.25) is 0 Å². The highest BCUT2D eigenvalue weighted by Gasteiger charge is 2.42. The van der Waals surface area contributed by atoms with Crippen molar-refractivity contribution in [3.63, 3.8) is 0 Å². The summed E-state index contributed by atoms with van der Waals surface area (Å²) in [5, 5.41) is 28.9. The standard InChI is InChI=1S/C15H12O5/c16-7-1-2-8-10-6-19-15-9(3-4-11(17)13(15)18)14(10)20-12(8)5-7/h1-5,10,14,16-18H,6H2/t10-,14-/m0/s1. The topological polar surface area (TPSA) is 79.2 Å². The van der Waals surface area contributed by atoms with Gasteiger partial charge in [0.15, 0.2) is 11.5 Å². The lowest BCUT2D eigenvalue weighted by Crippen LogP contribution is -2.23. The molecule has 0 unspecified atom stereocenters. The molecule has 0 saturated carbocycles. The maximum Gasteiger partial charge on any atom is 0.200 e. The molecule has 2 aromatic carbocycles. The van der Waals surface area contributed by atoms with Crippen LogP contribution in [0.4, 0.5) is 0 Å². The van der Waals surface area contributed by atoms with Crippen LogP contribution in [-0.2, 0) is 0 Å². The van der Waals surface area contributed by atoms with Gasteiger partial charge in [-0.05, 0) is 18.2 Å². The van der Waals surface area contributed by atoms with Gasteiger partial charge in [-0.2, -0.15) is 0 Å². The normalized spacial score (nSPS) is 22.2. The predicted molar refractivity (Wildman–Crippen MR) is 69.5 cm³/mol. The van der Waals surface area contributed by atoms with Crippen LogP contribution in [0.25, 0.3) is 0 Å². The smallest absolute Gasteiger partial charge is 0.200 e. The van der Waals surface area contributed by atoms with E-state index in [1.54, 1.807) is 18.2 Å². The second kappa shape index (κ2) is 3.72. The first-order valence-electron chi connectivity index (χ1n) is 6.32. The summed E-state index contributed by atoms with van der Waals surface area (Å²) < 4.78 is 11.5. The van der Waals surface area contributed by atoms with Crippen molar-refractivity contribution in [2.75, 3.05) is 6.61 Å². The third-order valence-electron chi connectivity index (χ3n) is 3.87. The molecule has 2 heterocycles. The van der Waals surface area contributed by atoms with E-state index < -0.39 is 0 Å². The summed E-state index contributed by atoms with van der Waals surface area (Å²) in [5.74, 6) is 0.588. The van der Waals surface area contributed by atoms with Gasteiger partial charge in [0.25, 0.3) is 0 Å². The van der Waals surface area contributed by atoms with Crippen molar-refractivity contribution in [1.29, 1.82) is 0 Å². The van der Waals surface area contributed by atoms with Gasteiger partial charge in [-0.3, -0.25) is 0 Å². The molecule has 0 fully saturated rings. The first-order valence-corrected chi connectivity index (χ1v) is 6.32. The maximum absolute atomic E-state index is 9.85. The Morgan fingerprint density at radius 3 is 2.65 bits per heavy atom. The summed E-state index contributed by atoms with van der Waals surface area (Å²) in [6.45, 7) is 0.354. The Morgan fingerprint density at radius 2 is 1.80 bits per heavy atom. The van der Waals surface area contributed by atoms with Gasteiger partial charge in [0.2, 0.25) is 5.75 Å². The Hall–Kier alpha value is -2.56. The van der Waals surface area contributed by atoms with Gasteiger partial charge >= 0.3 is 0 Å². The Kier molecular flexibility index (Phi) is 2.10. The zero-order valence-corrected chi connectivity index (χ0v) is 10.4. The van der Waals surface area contributed by atoms with Crippen molar-refractivity contribution in [2.24, 2.45) is 0 Å². The molecule has 2 aliphatic rings. The first kappa shape index (κ1) is 11.3. The minimum Gasteiger partial charge on any atom is -0.508 e. The molecule has 0 aliphatic carbocycles. The highest BCUT2D eigenvalue weighted by atomic mass is 16.5. The van der Waals surface area contributed by atoms with E-state index >= 15 is 0 Å². The van der Waals surface area contributed by atoms with Crippen LogP contribution in [0, 0.1) is 0 Å². The lowest BCUT2D eigenvalue weighted by Gasteiger charge is -2.28. The van der Waals surface area contributed by atoms with Gasteiger partial charge in [-0.25, -0.2) is 0 Å². The highest BCUT2D eigenvalue weighted by Crippen LogP contribution is 2.54. The van der Waals surface area contributed by atoms with E-state index in [-0.39, 0.29) is 35.0 Å². The number of hydrogen-bond donors (Lipinski definition) is 3. The predicted octanol–water partition coefficient (Wildman–Crippen LogP) is 2.41. The second-order valence-electron chi connectivity index (χ2n) is 5.03. The van der Waals surface area contributed by atoms with E-state index in [2.05, 4.69) is 0 Å². The van der Waals surface area contributed by atoms with E-state index in [1.807, 2.05) is 6.07 Å². The molecule has 5 nitrogen and oxygen atoms in total. The molecule has 3 N–H and O–H groups in total. The Bertz CT molecular complexity index is 710. The molecule has 102 valence electrons. The van der Waals surface area contributed by atoms with Crippen LogP contribution in [0.3, 0.4) is 0 Å². The third-order valence-corrected chi connectivity index (χ3v) is 3.87. The van der Waals surface area contributed by atoms with Gasteiger partial charge in [-0.15, -0.1) is 0 Å². The van der Waals surface area contributed by atoms with Gasteiger partial charge in [-0.1, -0.05) is 6.07 Å². The van der Waals surface area contributed by atoms with Crippen LogP contribution in [0.15, 0.2) is 30.3 Å². The van der Waals surface area contributed by atoms with Crippen molar-refractivity contribution in [3.8, 4) is 28.7 Å². The quantitative estimate of drug-likeness (QED) is 0.642. The molecule has 5 heteroatoms. The van der Waals surface area contributed by atoms with E-state index in [9.17, 15) is 15.3 Å². The molecule has 4 rings (SSSR count). The number of aromatic hydroxyl groups is 3. The minimum atomic E-state index is -0.276. The maximum atomic E-state index is 9.85. The molecule has 0 bridgehead atoms. The molecule has 0 radical (unpaired) electrons. The molecular formula is C15H12O5. The number of fused-ring (bicyclic) bond motifs is 5. The number of hydrogen-bond acceptors (Lipinski definition) is 5. The lowest BCUT2D eigenvalue weighted by atomic mass is 9.89. The zero-order valence-electron chi connectivity index (χ0n) is 10.4. The Balaban J connectivity index is 1.84. The SMILES string of the molecule is Oc1ccc2c(c1)O[C@H]1c3ccc(O)c(O)c3OC[C@@H]21. The molecule has 0 spiro atoms.